The zero-order valence-corrected chi connectivity index (χ0v) is 13.8. The second-order valence-corrected chi connectivity index (χ2v) is 6.81. The van der Waals surface area contributed by atoms with E-state index in [4.69, 9.17) is 10.5 Å². The zero-order valence-electron chi connectivity index (χ0n) is 12.9. The van der Waals surface area contributed by atoms with Gasteiger partial charge in [-0.2, -0.15) is 31.0 Å². The van der Waals surface area contributed by atoms with Crippen molar-refractivity contribution in [2.75, 3.05) is 11.8 Å². The zero-order chi connectivity index (χ0) is 18.1. The minimum Gasteiger partial charge on any atom is -0.225 e. The van der Waals surface area contributed by atoms with E-state index in [-0.39, 0.29) is 0 Å². The molecule has 0 atom stereocenters. The van der Waals surface area contributed by atoms with Crippen LogP contribution in [0.5, 0.6) is 0 Å². The fraction of sp³-hybridized carbons (Fsp3) is 0.125. The highest BCUT2D eigenvalue weighted by atomic mass is 32.2. The highest BCUT2D eigenvalue weighted by Crippen LogP contribution is 2.15. The van der Waals surface area contributed by atoms with Gasteiger partial charge in [-0.15, -0.1) is 0 Å². The van der Waals surface area contributed by atoms with Gasteiger partial charge in [0.1, 0.15) is 0 Å². The van der Waals surface area contributed by atoms with Gasteiger partial charge >= 0.3 is 0 Å². The van der Waals surface area contributed by atoms with Crippen LogP contribution in [-0.4, -0.2) is 20.2 Å². The van der Waals surface area contributed by atoms with E-state index in [2.05, 4.69) is 20.5 Å². The van der Waals surface area contributed by atoms with E-state index in [0.29, 0.717) is 22.5 Å². The summed E-state index contributed by atoms with van der Waals surface area (Å²) in [5, 5.41) is 32.4. The first-order chi connectivity index (χ1) is 12.0. The van der Waals surface area contributed by atoms with Gasteiger partial charge in [-0.05, 0) is 36.4 Å². The minimum atomic E-state index is -3.60. The van der Waals surface area contributed by atoms with Gasteiger partial charge in [0.2, 0.25) is 0 Å². The lowest BCUT2D eigenvalue weighted by Gasteiger charge is -1.96. The van der Waals surface area contributed by atoms with E-state index in [1.807, 2.05) is 12.1 Å². The summed E-state index contributed by atoms with van der Waals surface area (Å²) >= 11 is 0. The van der Waals surface area contributed by atoms with Crippen LogP contribution in [0.2, 0.25) is 0 Å². The molecule has 9 heteroatoms. The third-order valence-electron chi connectivity index (χ3n) is 2.83. The van der Waals surface area contributed by atoms with Crippen LogP contribution in [-0.2, 0) is 9.84 Å². The summed E-state index contributed by atoms with van der Waals surface area (Å²) in [6.07, 6.45) is 0. The Morgan fingerprint density at radius 1 is 0.800 bits per heavy atom. The first kappa shape index (κ1) is 17.9. The maximum Gasteiger partial charge on any atom is 0.194 e. The lowest BCUT2D eigenvalue weighted by Crippen LogP contribution is -2.06. The van der Waals surface area contributed by atoms with Crippen LogP contribution in [0.1, 0.15) is 11.1 Å². The molecule has 0 unspecified atom stereocenters. The molecule has 0 saturated carbocycles. The molecular formula is C16H12N6O2S. The molecule has 0 aliphatic carbocycles. The Bertz CT molecular complexity index is 924. The highest BCUT2D eigenvalue weighted by molar-refractivity contribution is 7.91. The van der Waals surface area contributed by atoms with E-state index in [9.17, 15) is 8.42 Å². The Kier molecular flexibility index (Phi) is 6.04. The Morgan fingerprint density at radius 3 is 1.64 bits per heavy atom. The SMILES string of the molecule is N#Cc1cccc(N=NCS(=O)(=O)CN=Nc2cccc(C#N)c2)c1. The van der Waals surface area contributed by atoms with E-state index in [1.165, 1.54) is 12.1 Å². The number of sulfone groups is 1. The van der Waals surface area contributed by atoms with Crippen molar-refractivity contribution in [1.82, 2.24) is 0 Å². The van der Waals surface area contributed by atoms with Crippen LogP contribution in [0.15, 0.2) is 69.0 Å². The summed E-state index contributed by atoms with van der Waals surface area (Å²) < 4.78 is 23.7. The molecule has 2 aromatic rings. The van der Waals surface area contributed by atoms with Gasteiger partial charge in [-0.1, -0.05) is 12.1 Å². The molecule has 25 heavy (non-hydrogen) atoms. The van der Waals surface area contributed by atoms with Gasteiger partial charge < -0.3 is 0 Å². The molecule has 0 spiro atoms. The van der Waals surface area contributed by atoms with Gasteiger partial charge in [0.05, 0.1) is 34.6 Å². The van der Waals surface area contributed by atoms with Crippen LogP contribution >= 0.6 is 0 Å². The molecule has 0 aliphatic rings. The first-order valence-corrected chi connectivity index (χ1v) is 8.80. The average molecular weight is 352 g/mol. The molecule has 0 fully saturated rings. The number of hydrogen-bond acceptors (Lipinski definition) is 8. The quantitative estimate of drug-likeness (QED) is 0.734. The van der Waals surface area contributed by atoms with Crippen molar-refractivity contribution in [1.29, 1.82) is 10.5 Å². The van der Waals surface area contributed by atoms with E-state index < -0.39 is 21.6 Å². The molecule has 2 rings (SSSR count). The first-order valence-electron chi connectivity index (χ1n) is 6.98. The summed E-state index contributed by atoms with van der Waals surface area (Å²) in [6.45, 7) is 0. The van der Waals surface area contributed by atoms with Crippen LogP contribution in [0.3, 0.4) is 0 Å². The van der Waals surface area contributed by atoms with Gasteiger partial charge in [0.25, 0.3) is 0 Å². The third-order valence-corrected chi connectivity index (χ3v) is 3.85. The lowest BCUT2D eigenvalue weighted by atomic mass is 10.2. The van der Waals surface area contributed by atoms with Crippen LogP contribution < -0.4 is 0 Å². The van der Waals surface area contributed by atoms with Crippen molar-refractivity contribution in [3.8, 4) is 12.1 Å². The molecule has 8 nitrogen and oxygen atoms in total. The van der Waals surface area contributed by atoms with Crippen molar-refractivity contribution in [2.45, 2.75) is 0 Å². The van der Waals surface area contributed by atoms with Crippen LogP contribution in [0.4, 0.5) is 11.4 Å². The summed E-state index contributed by atoms with van der Waals surface area (Å²) in [4.78, 5) is 0. The molecule has 0 radical (unpaired) electrons. The largest absolute Gasteiger partial charge is 0.225 e. The molecule has 0 heterocycles. The van der Waals surface area contributed by atoms with Gasteiger partial charge in [0, 0.05) is 0 Å². The number of hydrogen-bond donors (Lipinski definition) is 0. The van der Waals surface area contributed by atoms with Crippen molar-refractivity contribution in [3.63, 3.8) is 0 Å². The number of nitrogens with zero attached hydrogens (tertiary/aromatic N) is 6. The number of benzene rings is 2. The van der Waals surface area contributed by atoms with Crippen molar-refractivity contribution in [3.05, 3.63) is 59.7 Å². The number of nitriles is 2. The van der Waals surface area contributed by atoms with Gasteiger partial charge in [-0.25, -0.2) is 8.42 Å². The normalized spacial score (nSPS) is 11.4. The van der Waals surface area contributed by atoms with E-state index >= 15 is 0 Å². The Balaban J connectivity index is 1.95. The fourth-order valence-electron chi connectivity index (χ4n) is 1.71. The van der Waals surface area contributed by atoms with Gasteiger partial charge in [-0.3, -0.25) is 0 Å². The van der Waals surface area contributed by atoms with Crippen molar-refractivity contribution in [2.24, 2.45) is 20.5 Å². The molecule has 0 aliphatic heterocycles. The Morgan fingerprint density at radius 2 is 1.24 bits per heavy atom. The molecular weight excluding hydrogens is 340 g/mol. The number of rotatable bonds is 6. The molecule has 124 valence electrons. The molecule has 0 bridgehead atoms. The summed E-state index contributed by atoms with van der Waals surface area (Å²) in [5.41, 5.74) is 1.61. The van der Waals surface area contributed by atoms with Crippen molar-refractivity contribution >= 4 is 21.2 Å². The van der Waals surface area contributed by atoms with Crippen LogP contribution in [0, 0.1) is 22.7 Å². The molecule has 2 aromatic carbocycles. The molecule has 0 saturated heterocycles. The van der Waals surface area contributed by atoms with Gasteiger partial charge in [0.15, 0.2) is 21.6 Å². The maximum atomic E-state index is 11.8. The monoisotopic (exact) mass is 352 g/mol. The molecule has 0 aromatic heterocycles. The summed E-state index contributed by atoms with van der Waals surface area (Å²) in [6, 6.07) is 16.6. The Labute approximate surface area is 144 Å². The predicted molar refractivity (Wildman–Crippen MR) is 90.0 cm³/mol. The highest BCUT2D eigenvalue weighted by Gasteiger charge is 2.09. The minimum absolute atomic E-state index is 0.393. The second-order valence-electron chi connectivity index (χ2n) is 4.81. The van der Waals surface area contributed by atoms with Crippen molar-refractivity contribution < 1.29 is 8.42 Å². The fourth-order valence-corrected chi connectivity index (χ4v) is 2.26. The third kappa shape index (κ3) is 5.94. The smallest absolute Gasteiger partial charge is 0.194 e. The van der Waals surface area contributed by atoms with E-state index in [1.54, 1.807) is 36.4 Å². The van der Waals surface area contributed by atoms with Crippen LogP contribution in [0.25, 0.3) is 0 Å². The number of azo groups is 2. The maximum absolute atomic E-state index is 11.8. The molecule has 0 amide bonds. The summed E-state index contributed by atoms with van der Waals surface area (Å²) in [5.74, 6) is -1.08. The lowest BCUT2D eigenvalue weighted by molar-refractivity contribution is 0.595. The molecule has 0 N–H and O–H groups in total. The average Bonchev–Trinajstić information content (AvgIpc) is 2.62. The predicted octanol–water partition coefficient (Wildman–Crippen LogP) is 3.63. The topological polar surface area (TPSA) is 131 Å². The summed E-state index contributed by atoms with van der Waals surface area (Å²) in [7, 11) is -3.60. The standard InChI is InChI=1S/C16H12N6O2S/c17-9-13-3-1-5-15(7-13)21-19-11-25(23,24)12-20-22-16-6-2-4-14(8-16)10-18/h1-8H,11-12H2. The van der Waals surface area contributed by atoms with E-state index in [0.717, 1.165) is 0 Å². The Hall–Kier alpha value is -3.43. The second kappa shape index (κ2) is 8.43.